The molecular weight excluding hydrogens is 1260 g/mol. The summed E-state index contributed by atoms with van der Waals surface area (Å²) in [6.45, 7) is 18.4. The van der Waals surface area contributed by atoms with E-state index in [4.69, 9.17) is 37.9 Å². The number of hydrazone groups is 2. The molecule has 0 aromatic rings. The third-order valence-corrected chi connectivity index (χ3v) is 16.5. The molecule has 36 nitrogen and oxygen atoms in total. The number of amides is 2. The number of aliphatic carboxylic acids is 6. The van der Waals surface area contributed by atoms with Crippen molar-refractivity contribution >= 4 is 72.6 Å². The van der Waals surface area contributed by atoms with E-state index in [1.807, 2.05) is 0 Å². The van der Waals surface area contributed by atoms with Crippen LogP contribution in [0.1, 0.15) is 109 Å². The number of nitrogens with one attached hydrogen (secondary N) is 2. The Labute approximate surface area is 538 Å². The van der Waals surface area contributed by atoms with Crippen LogP contribution in [0.4, 0.5) is 0 Å². The summed E-state index contributed by atoms with van der Waals surface area (Å²) in [6, 6.07) is 0. The molecule has 4 heterocycles. The van der Waals surface area contributed by atoms with Crippen molar-refractivity contribution in [3.05, 3.63) is 0 Å². The van der Waals surface area contributed by atoms with E-state index in [1.165, 1.54) is 83.1 Å². The maximum atomic E-state index is 13.2. The number of hydrogen-bond acceptors (Lipinski definition) is 28. The number of unbranched alkanes of at least 4 members (excludes halogenated alkanes) is 1. The number of rotatable bonds is 29. The SMILES string of the molecule is CC(C)(C)C1OC(C(=O)O)[C@H](C(/C=N/NC(=O)CCCCC(=O)N/N=C/C(OC(C(=O)O)C(C=O)O[C@H]2OC(C(=O)O)[C@@H](C(C)(C)C)C(O)[C@H]2O)[C@@H]2C(C(=O)O)O[C@H](C(C)(C)C)[C@H](O)C2O)OC(C(=O)O)C(C=O)O[C@@H]2OC(C(=O)O)[C@H](C(C)(C)C)[C@@H](O)C2O)[C@@H](O)[C@@H]1O. The number of carboxylic acid groups (broad SMARTS) is 6. The minimum Gasteiger partial charge on any atom is -0.479 e. The molecule has 26 atom stereocenters. The van der Waals surface area contributed by atoms with Crippen LogP contribution in [0.2, 0.25) is 0 Å². The van der Waals surface area contributed by atoms with Gasteiger partial charge in [-0.15, -0.1) is 0 Å². The maximum absolute atomic E-state index is 13.2. The topological polar surface area (TPSA) is 577 Å². The quantitative estimate of drug-likeness (QED) is 0.0149. The van der Waals surface area contributed by atoms with Crippen LogP contribution >= 0.6 is 0 Å². The summed E-state index contributed by atoms with van der Waals surface area (Å²) >= 11 is 0. The lowest BCUT2D eigenvalue weighted by Gasteiger charge is -2.48. The number of nitrogens with zero attached hydrogens (tertiary/aromatic N) is 2. The second-order valence-corrected chi connectivity index (χ2v) is 27.8. The lowest BCUT2D eigenvalue weighted by molar-refractivity contribution is -0.308. The van der Waals surface area contributed by atoms with Crippen molar-refractivity contribution in [2.45, 2.75) is 243 Å². The van der Waals surface area contributed by atoms with Gasteiger partial charge in [-0.1, -0.05) is 83.1 Å². The minimum absolute atomic E-state index is 0.143. The molecule has 14 unspecified atom stereocenters. The first-order chi connectivity index (χ1) is 43.2. The molecule has 4 aliphatic rings. The molecule has 4 rings (SSSR count). The van der Waals surface area contributed by atoms with Gasteiger partial charge in [0.05, 0.1) is 60.9 Å². The maximum Gasteiger partial charge on any atom is 0.336 e. The van der Waals surface area contributed by atoms with E-state index in [9.17, 15) is 119 Å². The monoisotopic (exact) mass is 1350 g/mol. The van der Waals surface area contributed by atoms with Crippen molar-refractivity contribution in [1.82, 2.24) is 10.9 Å². The highest BCUT2D eigenvalue weighted by Crippen LogP contribution is 2.43. The molecule has 0 aromatic carbocycles. The van der Waals surface area contributed by atoms with Gasteiger partial charge in [0.1, 0.15) is 36.6 Å². The standard InChI is InChI=1S/C58H90N4O32/c1-55(2,3)29-33(69)37(73)53(93-43(29)51(83)84)89-23(19-63)39(47(75)76)87-21(27-31(67)35(71)45(57(7,8)9)91-41(27)49(79)80)17-59-61-25(65)15-13-14-16-26(66)62-60-18-22(28-32(68)36(72)46(58(10,11)12)92-42(28)50(81)82)88-40(48(77)78)24(20-64)90-54-38(74)34(70)30(56(4,5)6)44(94-54)52(85)86/h17-24,27-46,53-54,67-74H,13-16H2,1-12H3,(H,61,65)(H,62,66)(H,75,76)(H,77,78)(H,79,80)(H,81,82)(H,83,84)(H,85,86)/b59-17+,60-18+/t21?,22?,23?,24?,27-,28+,29-,30+,31-,32?,33-,34?,35+,36-,37?,38-,39?,40?,41?,42?,43?,44?,45?,46+,53-,54+/m1/s1. The average molecular weight is 1360 g/mol. The average Bonchev–Trinajstić information content (AvgIpc) is 0.791. The fraction of sp³-hybridized carbons (Fsp3) is 0.793. The van der Waals surface area contributed by atoms with Crippen molar-refractivity contribution in [3.63, 3.8) is 0 Å². The molecule has 0 bridgehead atoms. The first-order valence-electron chi connectivity index (χ1n) is 29.8. The number of aliphatic hydroxyl groups excluding tert-OH is 8. The highest BCUT2D eigenvalue weighted by atomic mass is 16.7. The van der Waals surface area contributed by atoms with Gasteiger partial charge in [-0.2, -0.15) is 10.2 Å². The molecule has 4 aliphatic heterocycles. The molecule has 0 aliphatic carbocycles. The van der Waals surface area contributed by atoms with Gasteiger partial charge in [0.25, 0.3) is 0 Å². The van der Waals surface area contributed by atoms with E-state index in [0.717, 1.165) is 0 Å². The Balaban J connectivity index is 1.57. The number of aldehydes is 2. The first-order valence-corrected chi connectivity index (χ1v) is 29.8. The zero-order valence-electron chi connectivity index (χ0n) is 53.7. The summed E-state index contributed by atoms with van der Waals surface area (Å²) in [4.78, 5) is 128. The van der Waals surface area contributed by atoms with Crippen LogP contribution in [0.15, 0.2) is 10.2 Å². The van der Waals surface area contributed by atoms with Crippen molar-refractivity contribution in [1.29, 1.82) is 0 Å². The zero-order valence-corrected chi connectivity index (χ0v) is 53.7. The third-order valence-electron chi connectivity index (χ3n) is 16.5. The molecule has 0 saturated carbocycles. The van der Waals surface area contributed by atoms with Crippen molar-refractivity contribution in [2.24, 2.45) is 55.5 Å². The summed E-state index contributed by atoms with van der Waals surface area (Å²) in [7, 11) is 0. The first kappa shape index (κ1) is 80.2. The molecule has 94 heavy (non-hydrogen) atoms. The summed E-state index contributed by atoms with van der Waals surface area (Å²) in [6.07, 6.45) is -46.1. The van der Waals surface area contributed by atoms with Gasteiger partial charge in [0.2, 0.25) is 11.8 Å². The van der Waals surface area contributed by atoms with E-state index in [0.29, 0.717) is 12.4 Å². The molecule has 0 radical (unpaired) electrons. The third kappa shape index (κ3) is 19.7. The summed E-state index contributed by atoms with van der Waals surface area (Å²) in [5, 5.41) is 159. The van der Waals surface area contributed by atoms with Crippen molar-refractivity contribution < 1.29 is 157 Å². The fourth-order valence-corrected chi connectivity index (χ4v) is 11.8. The number of hydrogen-bond donors (Lipinski definition) is 16. The highest BCUT2D eigenvalue weighted by molar-refractivity contribution is 5.82. The molecular formula is C58H90N4O32. The lowest BCUT2D eigenvalue weighted by atomic mass is 9.71. The van der Waals surface area contributed by atoms with Crippen LogP contribution in [0, 0.1) is 45.3 Å². The smallest absolute Gasteiger partial charge is 0.336 e. The molecule has 0 spiro atoms. The second-order valence-electron chi connectivity index (χ2n) is 27.8. The van der Waals surface area contributed by atoms with Crippen LogP contribution in [0.5, 0.6) is 0 Å². The molecule has 4 fully saturated rings. The lowest BCUT2D eigenvalue weighted by Crippen LogP contribution is -2.64. The van der Waals surface area contributed by atoms with Crippen LogP contribution in [-0.4, -0.2) is 279 Å². The van der Waals surface area contributed by atoms with Crippen LogP contribution in [0.25, 0.3) is 0 Å². The van der Waals surface area contributed by atoms with E-state index in [1.54, 1.807) is 0 Å². The Hall–Kier alpha value is -6.20. The number of aliphatic hydroxyl groups is 8. The number of carbonyl (C=O) groups is 10. The largest absolute Gasteiger partial charge is 0.479 e. The summed E-state index contributed by atoms with van der Waals surface area (Å²) in [5.41, 5.74) is -0.0336. The van der Waals surface area contributed by atoms with Gasteiger partial charge >= 0.3 is 35.8 Å². The van der Waals surface area contributed by atoms with Gasteiger partial charge in [-0.3, -0.25) is 9.59 Å². The Morgan fingerprint density at radius 3 is 0.968 bits per heavy atom. The Bertz CT molecular complexity index is 2540. The predicted octanol–water partition coefficient (Wildman–Crippen LogP) is -3.54. The number of ether oxygens (including phenoxy) is 8. The molecule has 4 saturated heterocycles. The molecule has 36 heteroatoms. The number of carbonyl (C=O) groups excluding carboxylic acids is 4. The normalized spacial score (nSPS) is 34.0. The summed E-state index contributed by atoms with van der Waals surface area (Å²) < 4.78 is 44.7. The Morgan fingerprint density at radius 1 is 0.426 bits per heavy atom. The van der Waals surface area contributed by atoms with E-state index < -0.39 is 240 Å². The predicted molar refractivity (Wildman–Crippen MR) is 311 cm³/mol. The van der Waals surface area contributed by atoms with Crippen molar-refractivity contribution in [3.8, 4) is 0 Å². The molecule has 534 valence electrons. The van der Waals surface area contributed by atoms with Crippen LogP contribution in [-0.2, 0) is 85.8 Å². The molecule has 0 aromatic heterocycles. The summed E-state index contributed by atoms with van der Waals surface area (Å²) in [5.74, 6) is -19.4. The van der Waals surface area contributed by atoms with Gasteiger partial charge in [-0.05, 0) is 34.5 Å². The zero-order chi connectivity index (χ0) is 71.8. The Kier molecular flexibility index (Phi) is 27.9. The van der Waals surface area contributed by atoms with Gasteiger partial charge in [-0.25, -0.2) is 39.6 Å². The van der Waals surface area contributed by atoms with Gasteiger partial charge in [0.15, 0.2) is 74.0 Å². The number of carboxylic acids is 6. The van der Waals surface area contributed by atoms with E-state index in [2.05, 4.69) is 21.1 Å². The highest BCUT2D eigenvalue weighted by Gasteiger charge is 2.59. The van der Waals surface area contributed by atoms with Gasteiger partial charge in [0, 0.05) is 24.7 Å². The van der Waals surface area contributed by atoms with E-state index in [-0.39, 0.29) is 25.4 Å². The van der Waals surface area contributed by atoms with Gasteiger partial charge < -0.3 is 119 Å². The van der Waals surface area contributed by atoms with Crippen LogP contribution < -0.4 is 10.9 Å². The van der Waals surface area contributed by atoms with E-state index >= 15 is 0 Å². The minimum atomic E-state index is -2.60. The second kappa shape index (κ2) is 32.7. The fourth-order valence-electron chi connectivity index (χ4n) is 11.8. The van der Waals surface area contributed by atoms with Crippen molar-refractivity contribution in [2.75, 3.05) is 0 Å². The molecule has 16 N–H and O–H groups in total. The van der Waals surface area contributed by atoms with Crippen LogP contribution in [0.3, 0.4) is 0 Å². The molecule has 2 amide bonds. The Morgan fingerprint density at radius 2 is 0.723 bits per heavy atom.